The van der Waals surface area contributed by atoms with Gasteiger partial charge in [-0.15, -0.1) is 0 Å². The Morgan fingerprint density at radius 3 is 2.90 bits per heavy atom. The Balaban J connectivity index is 2.20. The molecule has 106 valence electrons. The van der Waals surface area contributed by atoms with Crippen LogP contribution in [0.15, 0.2) is 12.3 Å². The normalized spacial score (nSPS) is 18.2. The van der Waals surface area contributed by atoms with Gasteiger partial charge in [0.15, 0.2) is 0 Å². The van der Waals surface area contributed by atoms with Crippen LogP contribution in [0.3, 0.4) is 0 Å². The molecule has 1 aromatic rings. The first kappa shape index (κ1) is 13.7. The molecule has 0 saturated carbocycles. The van der Waals surface area contributed by atoms with Crippen LogP contribution in [0.2, 0.25) is 0 Å². The van der Waals surface area contributed by atoms with Crippen molar-refractivity contribution in [3.05, 3.63) is 27.9 Å². The minimum absolute atomic E-state index is 0.0326. The van der Waals surface area contributed by atoms with Crippen molar-refractivity contribution < 1.29 is 14.5 Å². The minimum Gasteiger partial charge on any atom is -0.365 e. The Morgan fingerprint density at radius 2 is 2.35 bits per heavy atom. The van der Waals surface area contributed by atoms with Crippen LogP contribution in [0.25, 0.3) is 0 Å². The SMILES string of the molecule is NC(=O)c1cc([N+](=O)[O-])cnc1NC1CCC(=O)NC1. The zero-order chi connectivity index (χ0) is 14.7. The van der Waals surface area contributed by atoms with E-state index >= 15 is 0 Å². The number of hydrogen-bond donors (Lipinski definition) is 3. The van der Waals surface area contributed by atoms with Crippen LogP contribution in [-0.2, 0) is 4.79 Å². The molecule has 2 heterocycles. The highest BCUT2D eigenvalue weighted by molar-refractivity contribution is 5.98. The van der Waals surface area contributed by atoms with Gasteiger partial charge in [0.1, 0.15) is 12.0 Å². The lowest BCUT2D eigenvalue weighted by Gasteiger charge is -2.24. The highest BCUT2D eigenvalue weighted by Gasteiger charge is 2.22. The Morgan fingerprint density at radius 1 is 1.60 bits per heavy atom. The highest BCUT2D eigenvalue weighted by Crippen LogP contribution is 2.20. The van der Waals surface area contributed by atoms with Gasteiger partial charge in [-0.05, 0) is 6.42 Å². The summed E-state index contributed by atoms with van der Waals surface area (Å²) in [6, 6.07) is 0.985. The fourth-order valence-corrected chi connectivity index (χ4v) is 1.91. The maximum Gasteiger partial charge on any atom is 0.288 e. The molecule has 1 saturated heterocycles. The molecule has 9 heteroatoms. The molecule has 1 atom stereocenters. The van der Waals surface area contributed by atoms with Crippen LogP contribution in [0.5, 0.6) is 0 Å². The Hall–Kier alpha value is -2.71. The lowest BCUT2D eigenvalue weighted by atomic mass is 10.1. The fraction of sp³-hybridized carbons (Fsp3) is 0.364. The molecule has 0 spiro atoms. The van der Waals surface area contributed by atoms with Crippen molar-refractivity contribution in [2.24, 2.45) is 5.73 Å². The molecule has 1 fully saturated rings. The van der Waals surface area contributed by atoms with Crippen molar-refractivity contribution in [2.75, 3.05) is 11.9 Å². The third-order valence-corrected chi connectivity index (χ3v) is 2.96. The van der Waals surface area contributed by atoms with Crippen LogP contribution in [0, 0.1) is 10.1 Å². The average molecular weight is 279 g/mol. The highest BCUT2D eigenvalue weighted by atomic mass is 16.6. The molecule has 1 aliphatic rings. The quantitative estimate of drug-likeness (QED) is 0.514. The molecule has 1 aliphatic heterocycles. The summed E-state index contributed by atoms with van der Waals surface area (Å²) in [5.41, 5.74) is 4.85. The molecule has 4 N–H and O–H groups in total. The molecule has 0 aromatic carbocycles. The van der Waals surface area contributed by atoms with Gasteiger partial charge in [-0.3, -0.25) is 19.7 Å². The van der Waals surface area contributed by atoms with E-state index in [4.69, 9.17) is 5.73 Å². The number of nitro groups is 1. The van der Waals surface area contributed by atoms with E-state index in [1.807, 2.05) is 0 Å². The molecule has 20 heavy (non-hydrogen) atoms. The average Bonchev–Trinajstić information content (AvgIpc) is 2.41. The van der Waals surface area contributed by atoms with E-state index in [0.717, 1.165) is 12.3 Å². The van der Waals surface area contributed by atoms with E-state index < -0.39 is 10.8 Å². The van der Waals surface area contributed by atoms with Gasteiger partial charge in [0, 0.05) is 25.1 Å². The summed E-state index contributed by atoms with van der Waals surface area (Å²) in [5, 5.41) is 16.3. The van der Waals surface area contributed by atoms with Gasteiger partial charge in [0.2, 0.25) is 5.91 Å². The topological polar surface area (TPSA) is 140 Å². The van der Waals surface area contributed by atoms with Crippen molar-refractivity contribution in [3.8, 4) is 0 Å². The number of amides is 2. The molecular weight excluding hydrogens is 266 g/mol. The lowest BCUT2D eigenvalue weighted by molar-refractivity contribution is -0.385. The number of pyridine rings is 1. The molecule has 2 amide bonds. The predicted molar refractivity (Wildman–Crippen MR) is 69.1 cm³/mol. The maximum atomic E-state index is 11.3. The van der Waals surface area contributed by atoms with E-state index in [0.29, 0.717) is 19.4 Å². The number of piperidine rings is 1. The molecule has 2 rings (SSSR count). The van der Waals surface area contributed by atoms with Crippen molar-refractivity contribution in [3.63, 3.8) is 0 Å². The second-order valence-electron chi connectivity index (χ2n) is 4.40. The molecule has 0 radical (unpaired) electrons. The van der Waals surface area contributed by atoms with Crippen LogP contribution in [0.1, 0.15) is 23.2 Å². The molecule has 1 unspecified atom stereocenters. The molecule has 0 aliphatic carbocycles. The first-order valence-corrected chi connectivity index (χ1v) is 5.95. The van der Waals surface area contributed by atoms with E-state index in [2.05, 4.69) is 15.6 Å². The first-order chi connectivity index (χ1) is 9.47. The summed E-state index contributed by atoms with van der Waals surface area (Å²) in [6.07, 6.45) is 2.01. The monoisotopic (exact) mass is 279 g/mol. The zero-order valence-corrected chi connectivity index (χ0v) is 10.5. The number of rotatable bonds is 4. The molecule has 0 bridgehead atoms. The number of carbonyl (C=O) groups is 2. The third-order valence-electron chi connectivity index (χ3n) is 2.96. The lowest BCUT2D eigenvalue weighted by Crippen LogP contribution is -2.42. The van der Waals surface area contributed by atoms with Crippen molar-refractivity contribution in [1.82, 2.24) is 10.3 Å². The Bertz CT molecular complexity index is 564. The minimum atomic E-state index is -0.802. The molecule has 1 aromatic heterocycles. The molecule has 9 nitrogen and oxygen atoms in total. The summed E-state index contributed by atoms with van der Waals surface area (Å²) in [4.78, 5) is 36.3. The van der Waals surface area contributed by atoms with Gasteiger partial charge < -0.3 is 16.4 Å². The van der Waals surface area contributed by atoms with Gasteiger partial charge in [-0.25, -0.2) is 4.98 Å². The number of nitrogens with zero attached hydrogens (tertiary/aromatic N) is 2. The third kappa shape index (κ3) is 2.99. The van der Waals surface area contributed by atoms with Crippen LogP contribution in [-0.4, -0.2) is 34.3 Å². The van der Waals surface area contributed by atoms with E-state index in [1.165, 1.54) is 0 Å². The maximum absolute atomic E-state index is 11.3. The second kappa shape index (κ2) is 5.51. The van der Waals surface area contributed by atoms with E-state index in [9.17, 15) is 19.7 Å². The number of anilines is 1. The number of aromatic nitrogens is 1. The largest absolute Gasteiger partial charge is 0.365 e. The Kier molecular flexibility index (Phi) is 3.78. The number of carbonyl (C=O) groups excluding carboxylic acids is 2. The smallest absolute Gasteiger partial charge is 0.288 e. The zero-order valence-electron chi connectivity index (χ0n) is 10.5. The number of nitrogens with one attached hydrogen (secondary N) is 2. The summed E-state index contributed by atoms with van der Waals surface area (Å²) in [7, 11) is 0. The van der Waals surface area contributed by atoms with Crippen LogP contribution in [0.4, 0.5) is 11.5 Å². The number of nitrogens with two attached hydrogens (primary N) is 1. The first-order valence-electron chi connectivity index (χ1n) is 5.95. The van der Waals surface area contributed by atoms with Gasteiger partial charge in [0.05, 0.1) is 10.5 Å². The van der Waals surface area contributed by atoms with Crippen LogP contribution >= 0.6 is 0 Å². The van der Waals surface area contributed by atoms with Crippen molar-refractivity contribution >= 4 is 23.3 Å². The van der Waals surface area contributed by atoms with Gasteiger partial charge in [-0.1, -0.05) is 0 Å². The van der Waals surface area contributed by atoms with Crippen LogP contribution < -0.4 is 16.4 Å². The Labute approximate surface area is 113 Å². The van der Waals surface area contributed by atoms with Crippen molar-refractivity contribution in [2.45, 2.75) is 18.9 Å². The number of hydrogen-bond acceptors (Lipinski definition) is 6. The summed E-state index contributed by atoms with van der Waals surface area (Å²) in [5.74, 6) is -0.650. The fourth-order valence-electron chi connectivity index (χ4n) is 1.91. The standard InChI is InChI=1S/C11H13N5O4/c12-10(18)8-3-7(16(19)20)5-14-11(8)15-6-1-2-9(17)13-4-6/h3,5-6H,1-2,4H2,(H2,12,18)(H,13,17)(H,14,15). The van der Waals surface area contributed by atoms with Gasteiger partial charge >= 0.3 is 0 Å². The van der Waals surface area contributed by atoms with Crippen molar-refractivity contribution in [1.29, 1.82) is 0 Å². The summed E-state index contributed by atoms with van der Waals surface area (Å²) >= 11 is 0. The van der Waals surface area contributed by atoms with Gasteiger partial charge in [0.25, 0.3) is 11.6 Å². The predicted octanol–water partition coefficient (Wildman–Crippen LogP) is -0.221. The van der Waals surface area contributed by atoms with E-state index in [-0.39, 0.29) is 29.0 Å². The van der Waals surface area contributed by atoms with E-state index in [1.54, 1.807) is 0 Å². The summed E-state index contributed by atoms with van der Waals surface area (Å²) in [6.45, 7) is 0.399. The van der Waals surface area contributed by atoms with Gasteiger partial charge in [-0.2, -0.15) is 0 Å². The number of primary amides is 1. The molecular formula is C11H13N5O4. The summed E-state index contributed by atoms with van der Waals surface area (Å²) < 4.78 is 0. The second-order valence-corrected chi connectivity index (χ2v) is 4.40.